The fourth-order valence-corrected chi connectivity index (χ4v) is 2.98. The van der Waals surface area contributed by atoms with Crippen molar-refractivity contribution in [3.05, 3.63) is 53.6 Å². The SMILES string of the molecule is CCC1Oc2cc(O)ccc2C(C)=C1c1ccc(OC)cc1. The third-order valence-corrected chi connectivity index (χ3v) is 4.14. The third kappa shape index (κ3) is 2.43. The zero-order valence-corrected chi connectivity index (χ0v) is 13.1. The van der Waals surface area contributed by atoms with Gasteiger partial charge in [0.25, 0.3) is 0 Å². The van der Waals surface area contributed by atoms with Crippen molar-refractivity contribution in [1.82, 2.24) is 0 Å². The first kappa shape index (κ1) is 14.5. The molecule has 0 radical (unpaired) electrons. The number of fused-ring (bicyclic) bond motifs is 1. The van der Waals surface area contributed by atoms with Crippen LogP contribution in [0.15, 0.2) is 42.5 Å². The van der Waals surface area contributed by atoms with Crippen LogP contribution in [0.2, 0.25) is 0 Å². The number of aromatic hydroxyl groups is 1. The Bertz CT molecular complexity index is 714. The summed E-state index contributed by atoms with van der Waals surface area (Å²) in [5.41, 5.74) is 4.57. The van der Waals surface area contributed by atoms with Crippen molar-refractivity contribution in [2.45, 2.75) is 26.4 Å². The molecule has 1 heterocycles. The summed E-state index contributed by atoms with van der Waals surface area (Å²) in [6.45, 7) is 4.22. The van der Waals surface area contributed by atoms with Gasteiger partial charge in [-0.05, 0) is 48.7 Å². The molecule has 3 rings (SSSR count). The highest BCUT2D eigenvalue weighted by molar-refractivity contribution is 5.95. The van der Waals surface area contributed by atoms with Gasteiger partial charge in [-0.1, -0.05) is 19.1 Å². The molecule has 0 bridgehead atoms. The van der Waals surface area contributed by atoms with Gasteiger partial charge in [-0.3, -0.25) is 0 Å². The van der Waals surface area contributed by atoms with Gasteiger partial charge in [-0.25, -0.2) is 0 Å². The molecule has 0 aromatic heterocycles. The Morgan fingerprint density at radius 2 is 1.86 bits per heavy atom. The zero-order chi connectivity index (χ0) is 15.7. The summed E-state index contributed by atoms with van der Waals surface area (Å²) in [5.74, 6) is 1.83. The van der Waals surface area contributed by atoms with Crippen molar-refractivity contribution < 1.29 is 14.6 Å². The van der Waals surface area contributed by atoms with Gasteiger partial charge < -0.3 is 14.6 Å². The molecule has 3 nitrogen and oxygen atoms in total. The van der Waals surface area contributed by atoms with Crippen LogP contribution < -0.4 is 9.47 Å². The van der Waals surface area contributed by atoms with Crippen LogP contribution in [0.1, 0.15) is 31.4 Å². The van der Waals surface area contributed by atoms with Crippen LogP contribution in [0, 0.1) is 0 Å². The molecule has 2 aromatic rings. The van der Waals surface area contributed by atoms with Crippen LogP contribution in [0.25, 0.3) is 11.1 Å². The van der Waals surface area contributed by atoms with Crippen LogP contribution in [0.4, 0.5) is 0 Å². The van der Waals surface area contributed by atoms with E-state index in [9.17, 15) is 5.11 Å². The molecular formula is C19H20O3. The van der Waals surface area contributed by atoms with E-state index in [1.807, 2.05) is 18.2 Å². The molecule has 0 saturated carbocycles. The van der Waals surface area contributed by atoms with Crippen molar-refractivity contribution in [3.63, 3.8) is 0 Å². The van der Waals surface area contributed by atoms with Crippen molar-refractivity contribution >= 4 is 11.1 Å². The van der Waals surface area contributed by atoms with Crippen molar-refractivity contribution in [1.29, 1.82) is 0 Å². The molecule has 1 N–H and O–H groups in total. The number of benzene rings is 2. The van der Waals surface area contributed by atoms with E-state index in [1.54, 1.807) is 19.2 Å². The maximum Gasteiger partial charge on any atom is 0.131 e. The number of hydrogen-bond acceptors (Lipinski definition) is 3. The second-order valence-corrected chi connectivity index (χ2v) is 5.46. The van der Waals surface area contributed by atoms with Gasteiger partial charge in [0.05, 0.1) is 7.11 Å². The highest BCUT2D eigenvalue weighted by atomic mass is 16.5. The largest absolute Gasteiger partial charge is 0.508 e. The van der Waals surface area contributed by atoms with Crippen LogP contribution in [-0.4, -0.2) is 18.3 Å². The molecule has 1 atom stereocenters. The fourth-order valence-electron chi connectivity index (χ4n) is 2.98. The number of phenols is 1. The van der Waals surface area contributed by atoms with Crippen molar-refractivity contribution in [2.75, 3.05) is 7.11 Å². The van der Waals surface area contributed by atoms with E-state index in [-0.39, 0.29) is 11.9 Å². The standard InChI is InChI=1S/C19H20O3/c1-4-17-19(13-5-8-15(21-3)9-6-13)12(2)16-10-7-14(20)11-18(16)22-17/h5-11,17,20H,4H2,1-3H3. The van der Waals surface area contributed by atoms with E-state index in [1.165, 1.54) is 11.1 Å². The van der Waals surface area contributed by atoms with Crippen LogP contribution in [0.3, 0.4) is 0 Å². The smallest absolute Gasteiger partial charge is 0.131 e. The first-order valence-corrected chi connectivity index (χ1v) is 7.49. The highest BCUT2D eigenvalue weighted by Gasteiger charge is 2.26. The van der Waals surface area contributed by atoms with Gasteiger partial charge in [0.15, 0.2) is 0 Å². The molecule has 0 spiro atoms. The second-order valence-electron chi connectivity index (χ2n) is 5.46. The van der Waals surface area contributed by atoms with Gasteiger partial charge in [-0.15, -0.1) is 0 Å². The van der Waals surface area contributed by atoms with E-state index < -0.39 is 0 Å². The van der Waals surface area contributed by atoms with Crippen molar-refractivity contribution in [3.8, 4) is 17.2 Å². The first-order chi connectivity index (χ1) is 10.6. The van der Waals surface area contributed by atoms with Crippen molar-refractivity contribution in [2.24, 2.45) is 0 Å². The van der Waals surface area contributed by atoms with Gasteiger partial charge in [0.1, 0.15) is 23.4 Å². The molecule has 3 heteroatoms. The van der Waals surface area contributed by atoms with E-state index in [0.717, 1.165) is 29.0 Å². The lowest BCUT2D eigenvalue weighted by atomic mass is 9.88. The lowest BCUT2D eigenvalue weighted by Crippen LogP contribution is -2.22. The maximum atomic E-state index is 9.66. The molecule has 114 valence electrons. The first-order valence-electron chi connectivity index (χ1n) is 7.49. The molecule has 22 heavy (non-hydrogen) atoms. The average Bonchev–Trinajstić information content (AvgIpc) is 2.54. The van der Waals surface area contributed by atoms with Gasteiger partial charge in [0, 0.05) is 17.2 Å². The van der Waals surface area contributed by atoms with Crippen LogP contribution >= 0.6 is 0 Å². The summed E-state index contributed by atoms with van der Waals surface area (Å²) in [7, 11) is 1.67. The van der Waals surface area contributed by atoms with Gasteiger partial charge >= 0.3 is 0 Å². The minimum Gasteiger partial charge on any atom is -0.508 e. The Morgan fingerprint density at radius 1 is 1.14 bits per heavy atom. The Morgan fingerprint density at radius 3 is 2.50 bits per heavy atom. The molecule has 1 aliphatic heterocycles. The van der Waals surface area contributed by atoms with E-state index in [4.69, 9.17) is 9.47 Å². The molecule has 0 aliphatic carbocycles. The molecule has 0 amide bonds. The Balaban J connectivity index is 2.13. The maximum absolute atomic E-state index is 9.66. The Labute approximate surface area is 130 Å². The predicted molar refractivity (Wildman–Crippen MR) is 88.3 cm³/mol. The number of phenolic OH excluding ortho intramolecular Hbond substituents is 1. The Kier molecular flexibility index (Phi) is 3.80. The molecule has 1 aliphatic rings. The quantitative estimate of drug-likeness (QED) is 0.906. The molecule has 1 unspecified atom stereocenters. The molecular weight excluding hydrogens is 276 g/mol. The second kappa shape index (κ2) is 5.76. The molecule has 0 saturated heterocycles. The Hall–Kier alpha value is -2.42. The highest BCUT2D eigenvalue weighted by Crippen LogP contribution is 2.42. The number of hydrogen-bond donors (Lipinski definition) is 1. The monoisotopic (exact) mass is 296 g/mol. The summed E-state index contributed by atoms with van der Waals surface area (Å²) in [4.78, 5) is 0. The summed E-state index contributed by atoms with van der Waals surface area (Å²) in [6, 6.07) is 13.4. The van der Waals surface area contributed by atoms with E-state index in [2.05, 4.69) is 26.0 Å². The number of methoxy groups -OCH3 is 1. The predicted octanol–water partition coefficient (Wildman–Crippen LogP) is 4.50. The minimum absolute atomic E-state index is 0.0114. The van der Waals surface area contributed by atoms with Crippen LogP contribution in [0.5, 0.6) is 17.2 Å². The molecule has 2 aromatic carbocycles. The lowest BCUT2D eigenvalue weighted by Gasteiger charge is -2.30. The van der Waals surface area contributed by atoms with E-state index >= 15 is 0 Å². The summed E-state index contributed by atoms with van der Waals surface area (Å²) in [5, 5.41) is 9.66. The van der Waals surface area contributed by atoms with Gasteiger partial charge in [-0.2, -0.15) is 0 Å². The number of rotatable bonds is 3. The fraction of sp³-hybridized carbons (Fsp3) is 0.263. The average molecular weight is 296 g/mol. The topological polar surface area (TPSA) is 38.7 Å². The summed E-state index contributed by atoms with van der Waals surface area (Å²) >= 11 is 0. The third-order valence-electron chi connectivity index (χ3n) is 4.14. The normalized spacial score (nSPS) is 17.0. The van der Waals surface area contributed by atoms with Crippen LogP contribution in [-0.2, 0) is 0 Å². The summed E-state index contributed by atoms with van der Waals surface area (Å²) in [6.07, 6.45) is 0.857. The number of allylic oxidation sites excluding steroid dienone is 1. The summed E-state index contributed by atoms with van der Waals surface area (Å²) < 4.78 is 11.3. The lowest BCUT2D eigenvalue weighted by molar-refractivity contribution is 0.249. The van der Waals surface area contributed by atoms with Gasteiger partial charge in [0.2, 0.25) is 0 Å². The zero-order valence-electron chi connectivity index (χ0n) is 13.1. The number of ether oxygens (including phenoxy) is 2. The van der Waals surface area contributed by atoms with E-state index in [0.29, 0.717) is 0 Å². The molecule has 0 fully saturated rings. The minimum atomic E-state index is -0.0114.